The monoisotopic (exact) mass is 318 g/mol. The van der Waals surface area contributed by atoms with Gasteiger partial charge in [-0.25, -0.2) is 0 Å². The summed E-state index contributed by atoms with van der Waals surface area (Å²) in [5.74, 6) is 0.341. The number of aliphatic hydroxyl groups is 2. The average molecular weight is 318 g/mol. The number of allylic oxidation sites excluding steroid dienone is 3. The molecule has 0 aromatic carbocycles. The highest BCUT2D eigenvalue weighted by molar-refractivity contribution is 5.31. The average Bonchev–Trinajstić information content (AvgIpc) is 2.80. The summed E-state index contributed by atoms with van der Waals surface area (Å²) in [4.78, 5) is 0. The van der Waals surface area contributed by atoms with Gasteiger partial charge in [0.05, 0.1) is 6.10 Å². The molecule has 0 radical (unpaired) electrons. The highest BCUT2D eigenvalue weighted by Crippen LogP contribution is 2.47. The van der Waals surface area contributed by atoms with E-state index in [1.54, 1.807) is 6.08 Å². The molecule has 3 heteroatoms. The molecular formula is C20H30O3. The second kappa shape index (κ2) is 5.58. The normalized spacial score (nSPS) is 48.9. The zero-order valence-electron chi connectivity index (χ0n) is 14.9. The molecule has 2 aliphatic heterocycles. The van der Waals surface area contributed by atoms with Crippen molar-refractivity contribution in [3.05, 3.63) is 35.5 Å². The van der Waals surface area contributed by atoms with E-state index in [0.717, 1.165) is 12.0 Å². The van der Waals surface area contributed by atoms with Crippen LogP contribution in [0.5, 0.6) is 0 Å². The third-order valence-corrected chi connectivity index (χ3v) is 6.27. The van der Waals surface area contributed by atoms with Crippen molar-refractivity contribution in [2.45, 2.75) is 65.0 Å². The van der Waals surface area contributed by atoms with Crippen molar-refractivity contribution < 1.29 is 14.9 Å². The molecule has 0 fully saturated rings. The maximum atomic E-state index is 10.9. The summed E-state index contributed by atoms with van der Waals surface area (Å²) in [6.45, 7) is 10.5. The number of aliphatic hydroxyl groups excluding tert-OH is 1. The van der Waals surface area contributed by atoms with Gasteiger partial charge < -0.3 is 14.9 Å². The fraction of sp³-hybridized carbons (Fsp3) is 0.700. The van der Waals surface area contributed by atoms with Crippen molar-refractivity contribution >= 4 is 0 Å². The minimum atomic E-state index is -1.39. The van der Waals surface area contributed by atoms with E-state index in [1.165, 1.54) is 5.57 Å². The quantitative estimate of drug-likeness (QED) is 0.727. The molecule has 0 spiro atoms. The summed E-state index contributed by atoms with van der Waals surface area (Å²) in [6.07, 6.45) is 9.16. The number of hydrogen-bond acceptors (Lipinski definition) is 3. The Hall–Kier alpha value is -0.900. The second-order valence-corrected chi connectivity index (χ2v) is 8.19. The Balaban J connectivity index is 2.09. The lowest BCUT2D eigenvalue weighted by molar-refractivity contribution is -0.206. The lowest BCUT2D eigenvalue weighted by Crippen LogP contribution is -2.44. The standard InChI is InChI=1S/C20H30O3/c1-12(2)15-7-6-13(3)16-11-18(21)19(5)8-9-20(22,23-19)14(4)10-17(15)16/h6,8-10,12,15-18,21-22H,7,11H2,1-5H3/b14-10-/t15-,16+,17-,18+,19+,20-/m1/s1. The number of rotatable bonds is 1. The molecule has 2 heterocycles. The van der Waals surface area contributed by atoms with Crippen molar-refractivity contribution in [1.82, 2.24) is 0 Å². The largest absolute Gasteiger partial charge is 0.390 e. The zero-order chi connectivity index (χ0) is 17.0. The molecule has 0 amide bonds. The Morgan fingerprint density at radius 1 is 1.26 bits per heavy atom. The molecule has 0 aromatic heterocycles. The van der Waals surface area contributed by atoms with Crippen LogP contribution in [0, 0.1) is 23.7 Å². The molecule has 0 saturated heterocycles. The van der Waals surface area contributed by atoms with Gasteiger partial charge in [0.25, 0.3) is 0 Å². The number of ether oxygens (including phenoxy) is 1. The summed E-state index contributed by atoms with van der Waals surface area (Å²) in [6, 6.07) is 0. The van der Waals surface area contributed by atoms with Gasteiger partial charge in [-0.15, -0.1) is 0 Å². The second-order valence-electron chi connectivity index (χ2n) is 8.19. The van der Waals surface area contributed by atoms with Crippen LogP contribution in [0.2, 0.25) is 0 Å². The highest BCUT2D eigenvalue weighted by atomic mass is 16.6. The molecule has 3 aliphatic rings. The van der Waals surface area contributed by atoms with Gasteiger partial charge >= 0.3 is 0 Å². The third-order valence-electron chi connectivity index (χ3n) is 6.27. The van der Waals surface area contributed by atoms with Crippen molar-refractivity contribution in [1.29, 1.82) is 0 Å². The van der Waals surface area contributed by atoms with E-state index < -0.39 is 17.5 Å². The Morgan fingerprint density at radius 3 is 2.61 bits per heavy atom. The van der Waals surface area contributed by atoms with Crippen LogP contribution in [0.3, 0.4) is 0 Å². The first kappa shape index (κ1) is 16.9. The molecule has 0 unspecified atom stereocenters. The molecule has 1 aliphatic carbocycles. The first-order valence-electron chi connectivity index (χ1n) is 8.83. The summed E-state index contributed by atoms with van der Waals surface area (Å²) in [5.41, 5.74) is 1.36. The fourth-order valence-corrected chi connectivity index (χ4v) is 4.49. The van der Waals surface area contributed by atoms with Crippen LogP contribution in [0.25, 0.3) is 0 Å². The van der Waals surface area contributed by atoms with Crippen LogP contribution in [-0.4, -0.2) is 27.7 Å². The lowest BCUT2D eigenvalue weighted by Gasteiger charge is -2.40. The van der Waals surface area contributed by atoms with Gasteiger partial charge in [0, 0.05) is 0 Å². The molecule has 3 nitrogen and oxygen atoms in total. The molecular weight excluding hydrogens is 288 g/mol. The van der Waals surface area contributed by atoms with Gasteiger partial charge in [-0.05, 0) is 75.0 Å². The highest BCUT2D eigenvalue weighted by Gasteiger charge is 2.49. The molecule has 0 saturated carbocycles. The molecule has 2 bridgehead atoms. The van der Waals surface area contributed by atoms with E-state index >= 15 is 0 Å². The van der Waals surface area contributed by atoms with E-state index in [0.29, 0.717) is 30.1 Å². The Labute approximate surface area is 139 Å². The van der Waals surface area contributed by atoms with Crippen molar-refractivity contribution in [3.8, 4) is 0 Å². The van der Waals surface area contributed by atoms with Crippen LogP contribution in [0.4, 0.5) is 0 Å². The summed E-state index contributed by atoms with van der Waals surface area (Å²) >= 11 is 0. The fourth-order valence-electron chi connectivity index (χ4n) is 4.49. The van der Waals surface area contributed by atoms with Gasteiger partial charge in [-0.1, -0.05) is 31.6 Å². The topological polar surface area (TPSA) is 49.7 Å². The van der Waals surface area contributed by atoms with E-state index in [9.17, 15) is 10.2 Å². The minimum Gasteiger partial charge on any atom is -0.390 e. The Kier molecular flexibility index (Phi) is 4.11. The Morgan fingerprint density at radius 2 is 1.96 bits per heavy atom. The zero-order valence-corrected chi connectivity index (χ0v) is 14.9. The van der Waals surface area contributed by atoms with Gasteiger partial charge in [0.15, 0.2) is 0 Å². The Bertz CT molecular complexity index is 573. The molecule has 128 valence electrons. The lowest BCUT2D eigenvalue weighted by atomic mass is 9.65. The number of hydrogen-bond donors (Lipinski definition) is 2. The van der Waals surface area contributed by atoms with E-state index in [2.05, 4.69) is 32.9 Å². The van der Waals surface area contributed by atoms with Gasteiger partial charge in [0.1, 0.15) is 5.60 Å². The minimum absolute atomic E-state index is 0.304. The summed E-state index contributed by atoms with van der Waals surface area (Å²) in [7, 11) is 0. The molecule has 3 rings (SSSR count). The van der Waals surface area contributed by atoms with E-state index in [1.807, 2.05) is 19.9 Å². The maximum absolute atomic E-state index is 10.9. The third kappa shape index (κ3) is 2.73. The van der Waals surface area contributed by atoms with Gasteiger partial charge in [-0.2, -0.15) is 0 Å². The molecule has 6 atom stereocenters. The first-order valence-corrected chi connectivity index (χ1v) is 8.83. The summed E-state index contributed by atoms with van der Waals surface area (Å²) < 4.78 is 5.93. The van der Waals surface area contributed by atoms with Crippen LogP contribution in [-0.2, 0) is 4.74 Å². The molecule has 0 aromatic rings. The maximum Gasteiger partial charge on any atom is 0.209 e. The van der Waals surface area contributed by atoms with E-state index in [-0.39, 0.29) is 0 Å². The molecule has 23 heavy (non-hydrogen) atoms. The smallest absolute Gasteiger partial charge is 0.209 e. The van der Waals surface area contributed by atoms with Gasteiger partial charge in [-0.3, -0.25) is 0 Å². The van der Waals surface area contributed by atoms with Crippen molar-refractivity contribution in [2.24, 2.45) is 23.7 Å². The van der Waals surface area contributed by atoms with Crippen LogP contribution in [0.15, 0.2) is 35.5 Å². The first-order chi connectivity index (χ1) is 10.7. The van der Waals surface area contributed by atoms with Crippen LogP contribution < -0.4 is 0 Å². The summed E-state index contributed by atoms with van der Waals surface area (Å²) in [5, 5.41) is 21.7. The van der Waals surface area contributed by atoms with Crippen molar-refractivity contribution in [3.63, 3.8) is 0 Å². The van der Waals surface area contributed by atoms with Crippen molar-refractivity contribution in [2.75, 3.05) is 0 Å². The van der Waals surface area contributed by atoms with E-state index in [4.69, 9.17) is 4.74 Å². The van der Waals surface area contributed by atoms with Crippen LogP contribution >= 0.6 is 0 Å². The SMILES string of the molecule is CC1=CC[C@H](C(C)C)[C@H]2/C=C(/C)[C@@]3(O)C=C[C@](C)(O3)[C@@H](O)C[C@@H]12. The molecule has 2 N–H and O–H groups in total. The van der Waals surface area contributed by atoms with Crippen LogP contribution in [0.1, 0.15) is 47.5 Å². The predicted octanol–water partition coefficient (Wildman–Crippen LogP) is 3.59. The van der Waals surface area contributed by atoms with Gasteiger partial charge in [0.2, 0.25) is 5.79 Å². The number of fused-ring (bicyclic) bond motifs is 3. The predicted molar refractivity (Wildman–Crippen MR) is 91.6 cm³/mol.